The van der Waals surface area contributed by atoms with E-state index < -0.39 is 0 Å². The molecule has 0 aromatic rings. The number of hydrogen-bond acceptors (Lipinski definition) is 2. The Bertz CT molecular complexity index is 230. The molecular weight excluding hydrogens is 212 g/mol. The molecule has 0 bridgehead atoms. The predicted molar refractivity (Wildman–Crippen MR) is 71.7 cm³/mol. The van der Waals surface area contributed by atoms with Crippen LogP contribution in [-0.4, -0.2) is 30.1 Å². The molecule has 0 spiro atoms. The minimum atomic E-state index is 0.290. The lowest BCUT2D eigenvalue weighted by Gasteiger charge is -2.28. The minimum Gasteiger partial charge on any atom is -0.326 e. The van der Waals surface area contributed by atoms with Crippen molar-refractivity contribution in [3.8, 4) is 0 Å². The van der Waals surface area contributed by atoms with Gasteiger partial charge in [-0.1, -0.05) is 46.5 Å². The number of nitrogens with one attached hydrogen (secondary N) is 1. The Hall–Kier alpha value is -0.570. The van der Waals surface area contributed by atoms with Crippen LogP contribution in [0, 0.1) is 5.92 Å². The average Bonchev–Trinajstić information content (AvgIpc) is 2.67. The first-order valence-corrected chi connectivity index (χ1v) is 7.25. The Morgan fingerprint density at radius 1 is 1.35 bits per heavy atom. The second-order valence-electron chi connectivity index (χ2n) is 5.15. The van der Waals surface area contributed by atoms with E-state index in [1.54, 1.807) is 0 Å². The van der Waals surface area contributed by atoms with Crippen molar-refractivity contribution in [2.24, 2.45) is 5.92 Å². The number of unbranched alkanes of at least 4 members (excludes halogenated alkanes) is 1. The molecular formula is C14H28N2O. The van der Waals surface area contributed by atoms with E-state index in [2.05, 4.69) is 31.0 Å². The number of nitrogens with zero attached hydrogens (tertiary/aromatic N) is 1. The van der Waals surface area contributed by atoms with Crippen LogP contribution in [0.3, 0.4) is 0 Å². The maximum atomic E-state index is 11.8. The van der Waals surface area contributed by atoms with E-state index in [-0.39, 0.29) is 0 Å². The van der Waals surface area contributed by atoms with Gasteiger partial charge in [0, 0.05) is 6.54 Å². The summed E-state index contributed by atoms with van der Waals surface area (Å²) in [6, 6.07) is 0. The molecule has 1 aliphatic rings. The maximum Gasteiger partial charge on any atom is 0.237 e. The molecule has 1 heterocycles. The molecule has 1 rings (SSSR count). The van der Waals surface area contributed by atoms with Gasteiger partial charge in [-0.2, -0.15) is 0 Å². The number of rotatable bonds is 8. The predicted octanol–water partition coefficient (Wildman–Crippen LogP) is 2.76. The lowest BCUT2D eigenvalue weighted by atomic mass is 9.98. The molecule has 0 aromatic carbocycles. The topological polar surface area (TPSA) is 32.3 Å². The number of carbonyl (C=O) groups excluding carboxylic acids is 1. The van der Waals surface area contributed by atoms with Crippen LogP contribution >= 0.6 is 0 Å². The zero-order valence-corrected chi connectivity index (χ0v) is 11.7. The van der Waals surface area contributed by atoms with Crippen LogP contribution in [0.15, 0.2) is 0 Å². The molecule has 2 atom stereocenters. The van der Waals surface area contributed by atoms with Crippen LogP contribution in [0.2, 0.25) is 0 Å². The van der Waals surface area contributed by atoms with Gasteiger partial charge in [-0.05, 0) is 18.8 Å². The van der Waals surface area contributed by atoms with Crippen LogP contribution in [0.25, 0.3) is 0 Å². The van der Waals surface area contributed by atoms with Gasteiger partial charge in [0.25, 0.3) is 0 Å². The Labute approximate surface area is 106 Å². The van der Waals surface area contributed by atoms with Crippen LogP contribution in [0.4, 0.5) is 0 Å². The van der Waals surface area contributed by atoms with Gasteiger partial charge in [-0.25, -0.2) is 0 Å². The van der Waals surface area contributed by atoms with Crippen molar-refractivity contribution in [3.05, 3.63) is 0 Å². The van der Waals surface area contributed by atoms with Crippen LogP contribution in [0.5, 0.6) is 0 Å². The molecule has 100 valence electrons. The first kappa shape index (κ1) is 14.5. The van der Waals surface area contributed by atoms with E-state index in [0.29, 0.717) is 24.5 Å². The fourth-order valence-corrected chi connectivity index (χ4v) is 2.55. The lowest BCUT2D eigenvalue weighted by molar-refractivity contribution is -0.128. The van der Waals surface area contributed by atoms with E-state index in [4.69, 9.17) is 0 Å². The zero-order valence-electron chi connectivity index (χ0n) is 11.7. The normalized spacial score (nSPS) is 22.2. The SMILES string of the molecule is CCCCC(CC)CN1C(=O)CNC1CCC. The molecule has 2 unspecified atom stereocenters. The van der Waals surface area contributed by atoms with Gasteiger partial charge in [-0.15, -0.1) is 0 Å². The smallest absolute Gasteiger partial charge is 0.237 e. The highest BCUT2D eigenvalue weighted by Crippen LogP contribution is 2.19. The monoisotopic (exact) mass is 240 g/mol. The van der Waals surface area contributed by atoms with E-state index >= 15 is 0 Å². The summed E-state index contributed by atoms with van der Waals surface area (Å²) < 4.78 is 0. The highest BCUT2D eigenvalue weighted by molar-refractivity contribution is 5.80. The second-order valence-corrected chi connectivity index (χ2v) is 5.15. The Morgan fingerprint density at radius 2 is 2.12 bits per heavy atom. The van der Waals surface area contributed by atoms with E-state index in [0.717, 1.165) is 19.4 Å². The van der Waals surface area contributed by atoms with Crippen molar-refractivity contribution in [2.75, 3.05) is 13.1 Å². The third kappa shape index (κ3) is 4.30. The summed E-state index contributed by atoms with van der Waals surface area (Å²) in [5, 5.41) is 3.32. The van der Waals surface area contributed by atoms with Crippen molar-refractivity contribution in [1.29, 1.82) is 0 Å². The summed E-state index contributed by atoms with van der Waals surface area (Å²) in [5.41, 5.74) is 0. The third-order valence-electron chi connectivity index (χ3n) is 3.75. The number of carbonyl (C=O) groups is 1. The first-order valence-electron chi connectivity index (χ1n) is 7.25. The summed E-state index contributed by atoms with van der Waals surface area (Å²) in [5.74, 6) is 0.969. The van der Waals surface area contributed by atoms with Gasteiger partial charge in [0.15, 0.2) is 0 Å². The Morgan fingerprint density at radius 3 is 2.71 bits per heavy atom. The minimum absolute atomic E-state index is 0.290. The molecule has 3 heteroatoms. The van der Waals surface area contributed by atoms with Crippen LogP contribution < -0.4 is 5.32 Å². The third-order valence-corrected chi connectivity index (χ3v) is 3.75. The fraction of sp³-hybridized carbons (Fsp3) is 0.929. The quantitative estimate of drug-likeness (QED) is 0.707. The largest absolute Gasteiger partial charge is 0.326 e. The second kappa shape index (κ2) is 7.70. The molecule has 3 nitrogen and oxygen atoms in total. The molecule has 1 N–H and O–H groups in total. The van der Waals surface area contributed by atoms with Gasteiger partial charge in [0.1, 0.15) is 0 Å². The molecule has 0 radical (unpaired) electrons. The molecule has 1 aliphatic heterocycles. The van der Waals surface area contributed by atoms with E-state index in [1.807, 2.05) is 0 Å². The highest BCUT2D eigenvalue weighted by atomic mass is 16.2. The van der Waals surface area contributed by atoms with Gasteiger partial charge in [-0.3, -0.25) is 10.1 Å². The van der Waals surface area contributed by atoms with Crippen molar-refractivity contribution >= 4 is 5.91 Å². The van der Waals surface area contributed by atoms with Gasteiger partial charge in [0.05, 0.1) is 12.7 Å². The summed E-state index contributed by atoms with van der Waals surface area (Å²) in [7, 11) is 0. The summed E-state index contributed by atoms with van der Waals surface area (Å²) in [4.78, 5) is 13.9. The van der Waals surface area contributed by atoms with E-state index in [1.165, 1.54) is 25.7 Å². The molecule has 0 aliphatic carbocycles. The van der Waals surface area contributed by atoms with Crippen molar-refractivity contribution < 1.29 is 4.79 Å². The summed E-state index contributed by atoms with van der Waals surface area (Å²) in [6.45, 7) is 8.14. The lowest BCUT2D eigenvalue weighted by Crippen LogP contribution is -2.40. The van der Waals surface area contributed by atoms with Crippen molar-refractivity contribution in [3.63, 3.8) is 0 Å². The summed E-state index contributed by atoms with van der Waals surface area (Å²) in [6.07, 6.45) is 7.48. The standard InChI is InChI=1S/C14H28N2O/c1-4-7-9-12(6-3)11-16-13(8-5-2)15-10-14(16)17/h12-13,15H,4-11H2,1-3H3. The molecule has 0 saturated carbocycles. The molecule has 1 amide bonds. The first-order chi connectivity index (χ1) is 8.22. The van der Waals surface area contributed by atoms with Gasteiger partial charge < -0.3 is 4.90 Å². The number of amides is 1. The van der Waals surface area contributed by atoms with Gasteiger partial charge >= 0.3 is 0 Å². The zero-order chi connectivity index (χ0) is 12.7. The van der Waals surface area contributed by atoms with Crippen LogP contribution in [-0.2, 0) is 4.79 Å². The number of hydrogen-bond donors (Lipinski definition) is 1. The van der Waals surface area contributed by atoms with Gasteiger partial charge in [0.2, 0.25) is 5.91 Å². The molecule has 0 aromatic heterocycles. The van der Waals surface area contributed by atoms with E-state index in [9.17, 15) is 4.79 Å². The molecule has 1 saturated heterocycles. The van der Waals surface area contributed by atoms with Crippen LogP contribution in [0.1, 0.15) is 59.3 Å². The molecule has 1 fully saturated rings. The Kier molecular flexibility index (Phi) is 6.56. The maximum absolute atomic E-state index is 11.8. The fourth-order valence-electron chi connectivity index (χ4n) is 2.55. The van der Waals surface area contributed by atoms with Crippen molar-refractivity contribution in [1.82, 2.24) is 10.2 Å². The summed E-state index contributed by atoms with van der Waals surface area (Å²) >= 11 is 0. The average molecular weight is 240 g/mol. The highest BCUT2D eigenvalue weighted by Gasteiger charge is 2.30. The Balaban J connectivity index is 2.47. The molecule has 17 heavy (non-hydrogen) atoms. The van der Waals surface area contributed by atoms with Crippen molar-refractivity contribution in [2.45, 2.75) is 65.5 Å².